The molecule has 0 radical (unpaired) electrons. The van der Waals surface area contributed by atoms with Crippen LogP contribution in [0.5, 0.6) is 11.5 Å². The first-order valence-electron chi connectivity index (χ1n) is 17.6. The molecule has 0 aliphatic rings. The minimum absolute atomic E-state index is 0.0504. The van der Waals surface area contributed by atoms with E-state index in [1.807, 2.05) is 84.9 Å². The maximum Gasteiger partial charge on any atom is 0.158 e. The smallest absolute Gasteiger partial charge is 0.158 e. The Morgan fingerprint density at radius 1 is 0.489 bits per heavy atom. The van der Waals surface area contributed by atoms with Crippen molar-refractivity contribution in [3.05, 3.63) is 145 Å². The molecule has 3 nitrogen and oxygen atoms in total. The van der Waals surface area contributed by atoms with Crippen LogP contribution in [-0.2, 0) is 0 Å². The molecule has 212 valence electrons. The molecule has 0 amide bonds. The van der Waals surface area contributed by atoms with E-state index in [9.17, 15) is 14.3 Å². The van der Waals surface area contributed by atoms with E-state index in [-0.39, 0.29) is 44.8 Å². The molecule has 1 heterocycles. The van der Waals surface area contributed by atoms with Gasteiger partial charge in [-0.25, -0.2) is 0 Å². The van der Waals surface area contributed by atoms with E-state index < -0.39 is 35.7 Å². The lowest BCUT2D eigenvalue weighted by atomic mass is 9.85. The number of benzene rings is 8. The zero-order valence-electron chi connectivity index (χ0n) is 29.7. The van der Waals surface area contributed by atoms with Crippen molar-refractivity contribution in [2.45, 2.75) is 0 Å². The topological polar surface area (TPSA) is 53.6 Å². The number of furan rings is 1. The average molecular weight is 585 g/mol. The lowest BCUT2D eigenvalue weighted by Crippen LogP contribution is -1.92. The van der Waals surface area contributed by atoms with Gasteiger partial charge in [-0.1, -0.05) is 121 Å². The lowest BCUT2D eigenvalue weighted by Gasteiger charge is -2.19. The zero-order valence-corrected chi connectivity index (χ0v) is 23.7. The quantitative estimate of drug-likeness (QED) is 0.160. The van der Waals surface area contributed by atoms with Gasteiger partial charge >= 0.3 is 0 Å². The first-order valence-corrected chi connectivity index (χ1v) is 14.6. The summed E-state index contributed by atoms with van der Waals surface area (Å²) in [6.07, 6.45) is 0. The highest BCUT2D eigenvalue weighted by Crippen LogP contribution is 2.48. The van der Waals surface area contributed by atoms with Gasteiger partial charge in [0.05, 0.1) is 8.22 Å². The highest BCUT2D eigenvalue weighted by atomic mass is 16.3. The molecular weight excluding hydrogens is 552 g/mol. The summed E-state index contributed by atoms with van der Waals surface area (Å²) in [4.78, 5) is 0. The third-order valence-electron chi connectivity index (χ3n) is 8.58. The Hall–Kier alpha value is -6.06. The fraction of sp³-hybridized carbons (Fsp3) is 0. The van der Waals surface area contributed by atoms with E-state index >= 15 is 0 Å². The maximum absolute atomic E-state index is 11.0. The van der Waals surface area contributed by atoms with Crippen molar-refractivity contribution >= 4 is 54.3 Å². The summed E-state index contributed by atoms with van der Waals surface area (Å²) in [6.45, 7) is 0. The Morgan fingerprint density at radius 3 is 1.91 bits per heavy atom. The summed E-state index contributed by atoms with van der Waals surface area (Å²) >= 11 is 0. The minimum atomic E-state index is -0.802. The van der Waals surface area contributed by atoms with E-state index in [1.165, 1.54) is 0 Å². The number of hydrogen-bond acceptors (Lipinski definition) is 3. The van der Waals surface area contributed by atoms with Crippen molar-refractivity contribution in [1.82, 2.24) is 0 Å². The molecule has 0 spiro atoms. The second-order valence-electron chi connectivity index (χ2n) is 11.1. The number of rotatable bonds is 3. The first-order chi connectivity index (χ1) is 24.7. The molecule has 2 N–H and O–H groups in total. The molecule has 1 aromatic heterocycles. The van der Waals surface area contributed by atoms with Gasteiger partial charge in [0.2, 0.25) is 0 Å². The standard InChI is InChI=1S/C42H26O3/c43-37-23-35-36(24-38(37)44)41(34-14-7-13-33-30-10-5-6-15-39(30)45-42(33)34)32-12-4-3-11-31(32)40(35)27-19-16-26(17-20-27)29-21-18-25-8-1-2-9-28(25)22-29/h1-24,43-44H/i3D,4D,11D,12D,23D,24D. The van der Waals surface area contributed by atoms with Crippen LogP contribution in [0.15, 0.2) is 150 Å². The summed E-state index contributed by atoms with van der Waals surface area (Å²) in [5, 5.41) is 26.2. The molecule has 0 atom stereocenters. The van der Waals surface area contributed by atoms with Crippen molar-refractivity contribution in [3.8, 4) is 44.9 Å². The van der Waals surface area contributed by atoms with E-state index in [0.717, 1.165) is 32.7 Å². The third-order valence-corrected chi connectivity index (χ3v) is 8.58. The third kappa shape index (κ3) is 3.91. The van der Waals surface area contributed by atoms with Crippen molar-refractivity contribution < 1.29 is 22.9 Å². The van der Waals surface area contributed by atoms with E-state index in [4.69, 9.17) is 8.53 Å². The molecule has 0 bridgehead atoms. The number of phenols is 2. The fourth-order valence-corrected chi connectivity index (χ4v) is 6.49. The molecule has 45 heavy (non-hydrogen) atoms. The van der Waals surface area contributed by atoms with Crippen LogP contribution in [0.25, 0.3) is 87.6 Å². The van der Waals surface area contributed by atoms with E-state index in [1.54, 1.807) is 12.1 Å². The van der Waals surface area contributed by atoms with Crippen molar-refractivity contribution in [1.29, 1.82) is 0 Å². The molecule has 0 aliphatic carbocycles. The molecular formula is C42H26O3. The van der Waals surface area contributed by atoms with Crippen LogP contribution in [0.4, 0.5) is 0 Å². The van der Waals surface area contributed by atoms with Crippen LogP contribution in [-0.4, -0.2) is 10.2 Å². The van der Waals surface area contributed by atoms with Gasteiger partial charge in [0.1, 0.15) is 11.2 Å². The van der Waals surface area contributed by atoms with Gasteiger partial charge in [0.15, 0.2) is 11.5 Å². The SMILES string of the molecule is [2H]c1c([2H])c([2H])c2c(-c3cccc4c3oc3ccccc34)c3c([2H])c(O)c(O)c([2H])c3c(-c3ccc(-c4ccc5ccccc5c4)cc3)c2c1[2H]. The highest BCUT2D eigenvalue weighted by Gasteiger charge is 2.21. The number of phenolic OH excluding ortho intramolecular Hbond substituents is 2. The van der Waals surface area contributed by atoms with Gasteiger partial charge in [0, 0.05) is 21.9 Å². The van der Waals surface area contributed by atoms with Crippen molar-refractivity contribution in [2.24, 2.45) is 0 Å². The zero-order chi connectivity index (χ0) is 35.3. The van der Waals surface area contributed by atoms with E-state index in [2.05, 4.69) is 12.1 Å². The summed E-state index contributed by atoms with van der Waals surface area (Å²) in [7, 11) is 0. The fourth-order valence-electron chi connectivity index (χ4n) is 6.49. The van der Waals surface area contributed by atoms with Gasteiger partial charge in [-0.05, 0) is 78.8 Å². The Labute approximate surface area is 267 Å². The van der Waals surface area contributed by atoms with Crippen molar-refractivity contribution in [2.75, 3.05) is 0 Å². The first kappa shape index (κ1) is 20.0. The largest absolute Gasteiger partial charge is 0.504 e. The second kappa shape index (κ2) is 9.73. The molecule has 0 unspecified atom stereocenters. The Balaban J connectivity index is 1.44. The average Bonchev–Trinajstić information content (AvgIpc) is 3.55. The molecule has 3 heteroatoms. The van der Waals surface area contributed by atoms with Crippen LogP contribution >= 0.6 is 0 Å². The van der Waals surface area contributed by atoms with Crippen LogP contribution in [0.1, 0.15) is 8.22 Å². The molecule has 0 saturated carbocycles. The molecule has 0 fully saturated rings. The molecule has 0 aliphatic heterocycles. The van der Waals surface area contributed by atoms with Gasteiger partial charge in [-0.15, -0.1) is 0 Å². The van der Waals surface area contributed by atoms with Gasteiger partial charge in [-0.2, -0.15) is 0 Å². The van der Waals surface area contributed by atoms with Crippen molar-refractivity contribution in [3.63, 3.8) is 0 Å². The Morgan fingerprint density at radius 2 is 1.11 bits per heavy atom. The van der Waals surface area contributed by atoms with Crippen LogP contribution < -0.4 is 0 Å². The molecule has 9 rings (SSSR count). The monoisotopic (exact) mass is 584 g/mol. The second-order valence-corrected chi connectivity index (χ2v) is 11.1. The number of fused-ring (bicyclic) bond motifs is 6. The Bertz CT molecular complexity index is 2870. The summed E-state index contributed by atoms with van der Waals surface area (Å²) in [5.74, 6) is -1.60. The molecule has 9 aromatic rings. The summed E-state index contributed by atoms with van der Waals surface area (Å²) in [6, 6.07) is 32.0. The van der Waals surface area contributed by atoms with Gasteiger partial charge < -0.3 is 14.6 Å². The molecule has 8 aromatic carbocycles. The van der Waals surface area contributed by atoms with Gasteiger partial charge in [-0.3, -0.25) is 0 Å². The van der Waals surface area contributed by atoms with Crippen LogP contribution in [0.3, 0.4) is 0 Å². The number of aromatic hydroxyl groups is 2. The predicted octanol–water partition coefficient (Wildman–Crippen LogP) is 11.5. The highest BCUT2D eigenvalue weighted by molar-refractivity contribution is 6.24. The minimum Gasteiger partial charge on any atom is -0.504 e. The predicted molar refractivity (Wildman–Crippen MR) is 186 cm³/mol. The van der Waals surface area contributed by atoms with Crippen LogP contribution in [0.2, 0.25) is 0 Å². The van der Waals surface area contributed by atoms with E-state index in [0.29, 0.717) is 22.3 Å². The maximum atomic E-state index is 11.0. The normalized spacial score (nSPS) is 13.6. The lowest BCUT2D eigenvalue weighted by molar-refractivity contribution is 0.405. The summed E-state index contributed by atoms with van der Waals surface area (Å²) in [5.41, 5.74) is 4.26. The number of para-hydroxylation sites is 2. The summed E-state index contributed by atoms with van der Waals surface area (Å²) < 4.78 is 60.6. The Kier molecular flexibility index (Phi) is 4.32. The van der Waals surface area contributed by atoms with Crippen LogP contribution in [0, 0.1) is 0 Å². The molecule has 0 saturated heterocycles. The number of hydrogen-bond donors (Lipinski definition) is 2. The van der Waals surface area contributed by atoms with Gasteiger partial charge in [0.25, 0.3) is 0 Å².